The molecule has 0 aliphatic carbocycles. The molecule has 2 aromatic carbocycles. The van der Waals surface area contributed by atoms with Crippen molar-refractivity contribution in [1.29, 1.82) is 0 Å². The third kappa shape index (κ3) is 3.80. The van der Waals surface area contributed by atoms with Crippen LogP contribution in [0.15, 0.2) is 48.5 Å². The first-order valence-electron chi connectivity index (χ1n) is 7.39. The van der Waals surface area contributed by atoms with E-state index in [2.05, 4.69) is 10.6 Å². The van der Waals surface area contributed by atoms with Gasteiger partial charge in [0.2, 0.25) is 5.91 Å². The van der Waals surface area contributed by atoms with E-state index >= 15 is 0 Å². The molecule has 1 heterocycles. The van der Waals surface area contributed by atoms with E-state index in [0.29, 0.717) is 22.3 Å². The quantitative estimate of drug-likeness (QED) is 0.875. The Morgan fingerprint density at radius 1 is 1.17 bits per heavy atom. The van der Waals surface area contributed by atoms with Crippen LogP contribution in [-0.4, -0.2) is 24.5 Å². The highest BCUT2D eigenvalue weighted by Gasteiger charge is 2.34. The molecule has 0 bridgehead atoms. The van der Waals surface area contributed by atoms with Gasteiger partial charge in [0, 0.05) is 22.3 Å². The molecule has 0 spiro atoms. The average molecular weight is 364 g/mol. The van der Waals surface area contributed by atoms with Gasteiger partial charge in [0.25, 0.3) is 0 Å². The van der Waals surface area contributed by atoms with E-state index in [1.165, 1.54) is 4.90 Å². The molecule has 1 unspecified atom stereocenters. The molecule has 0 aromatic heterocycles. The summed E-state index contributed by atoms with van der Waals surface area (Å²) in [5, 5.41) is 6.70. The molecule has 0 radical (unpaired) electrons. The molecule has 0 saturated carbocycles. The van der Waals surface area contributed by atoms with Crippen LogP contribution < -0.4 is 15.5 Å². The molecule has 1 atom stereocenters. The van der Waals surface area contributed by atoms with Crippen molar-refractivity contribution in [1.82, 2.24) is 10.6 Å². The molecular formula is C17H15Cl2N3O2. The number of nitrogens with one attached hydrogen (secondary N) is 2. The van der Waals surface area contributed by atoms with Gasteiger partial charge in [0.1, 0.15) is 6.04 Å². The first-order valence-corrected chi connectivity index (χ1v) is 8.14. The Morgan fingerprint density at radius 2 is 1.92 bits per heavy atom. The van der Waals surface area contributed by atoms with Crippen molar-refractivity contribution in [3.8, 4) is 0 Å². The summed E-state index contributed by atoms with van der Waals surface area (Å²) in [6, 6.07) is 13.2. The lowest BCUT2D eigenvalue weighted by Crippen LogP contribution is -2.42. The van der Waals surface area contributed by atoms with E-state index < -0.39 is 6.04 Å². The minimum Gasteiger partial charge on any atom is -0.350 e. The SMILES string of the molecule is O=C(NCc1cccc(Cl)c1)C1CN(c2ccc(Cl)cc2)C(=O)N1. The number of hydrogen-bond donors (Lipinski definition) is 2. The zero-order valence-corrected chi connectivity index (χ0v) is 14.1. The number of halogens is 2. The Bertz CT molecular complexity index is 765. The van der Waals surface area contributed by atoms with Gasteiger partial charge >= 0.3 is 6.03 Å². The van der Waals surface area contributed by atoms with Crippen molar-refractivity contribution in [2.24, 2.45) is 0 Å². The van der Waals surface area contributed by atoms with Gasteiger partial charge in [-0.2, -0.15) is 0 Å². The van der Waals surface area contributed by atoms with Crippen LogP contribution in [0.5, 0.6) is 0 Å². The van der Waals surface area contributed by atoms with Gasteiger partial charge in [-0.15, -0.1) is 0 Å². The molecule has 5 nitrogen and oxygen atoms in total. The largest absolute Gasteiger partial charge is 0.350 e. The second-order valence-corrected chi connectivity index (χ2v) is 6.31. The van der Waals surface area contributed by atoms with Gasteiger partial charge in [0.15, 0.2) is 0 Å². The maximum atomic E-state index is 12.3. The zero-order valence-electron chi connectivity index (χ0n) is 12.6. The minimum absolute atomic E-state index is 0.236. The summed E-state index contributed by atoms with van der Waals surface area (Å²) in [6.45, 7) is 0.620. The highest BCUT2D eigenvalue weighted by molar-refractivity contribution is 6.30. The Hall–Kier alpha value is -2.24. The van der Waals surface area contributed by atoms with Gasteiger partial charge in [-0.25, -0.2) is 4.79 Å². The Kier molecular flexibility index (Phi) is 4.92. The molecule has 7 heteroatoms. The summed E-state index contributed by atoms with van der Waals surface area (Å²) >= 11 is 11.8. The fourth-order valence-corrected chi connectivity index (χ4v) is 2.83. The monoisotopic (exact) mass is 363 g/mol. The summed E-state index contributed by atoms with van der Waals surface area (Å²) in [5.41, 5.74) is 1.59. The number of urea groups is 1. The predicted molar refractivity (Wildman–Crippen MR) is 94.4 cm³/mol. The summed E-state index contributed by atoms with van der Waals surface area (Å²) in [6.07, 6.45) is 0. The van der Waals surface area contributed by atoms with Crippen molar-refractivity contribution in [3.63, 3.8) is 0 Å². The molecule has 3 amide bonds. The van der Waals surface area contributed by atoms with Crippen LogP contribution in [0.1, 0.15) is 5.56 Å². The van der Waals surface area contributed by atoms with E-state index in [9.17, 15) is 9.59 Å². The average Bonchev–Trinajstić information content (AvgIpc) is 2.95. The third-order valence-electron chi connectivity index (χ3n) is 3.72. The molecule has 1 fully saturated rings. The fraction of sp³-hybridized carbons (Fsp3) is 0.176. The van der Waals surface area contributed by atoms with Crippen LogP contribution >= 0.6 is 23.2 Å². The van der Waals surface area contributed by atoms with Crippen LogP contribution in [0.4, 0.5) is 10.5 Å². The second-order valence-electron chi connectivity index (χ2n) is 5.44. The Balaban J connectivity index is 1.60. The number of hydrogen-bond acceptors (Lipinski definition) is 2. The van der Waals surface area contributed by atoms with Crippen LogP contribution in [0.25, 0.3) is 0 Å². The number of benzene rings is 2. The molecule has 1 aliphatic heterocycles. The van der Waals surface area contributed by atoms with Crippen molar-refractivity contribution < 1.29 is 9.59 Å². The molecule has 124 valence electrons. The van der Waals surface area contributed by atoms with Crippen LogP contribution in [-0.2, 0) is 11.3 Å². The van der Waals surface area contributed by atoms with Crippen LogP contribution in [0, 0.1) is 0 Å². The van der Waals surface area contributed by atoms with E-state index in [1.807, 2.05) is 12.1 Å². The highest BCUT2D eigenvalue weighted by atomic mass is 35.5. The number of carbonyl (C=O) groups is 2. The van der Waals surface area contributed by atoms with E-state index in [0.717, 1.165) is 5.56 Å². The summed E-state index contributed by atoms with van der Waals surface area (Å²) in [4.78, 5) is 25.9. The number of carbonyl (C=O) groups excluding carboxylic acids is 2. The predicted octanol–water partition coefficient (Wildman–Crippen LogP) is 3.21. The van der Waals surface area contributed by atoms with Gasteiger partial charge in [0.05, 0.1) is 6.54 Å². The third-order valence-corrected chi connectivity index (χ3v) is 4.21. The summed E-state index contributed by atoms with van der Waals surface area (Å²) in [7, 11) is 0. The molecule has 24 heavy (non-hydrogen) atoms. The van der Waals surface area contributed by atoms with Crippen molar-refractivity contribution >= 4 is 40.8 Å². The van der Waals surface area contributed by atoms with Crippen LogP contribution in [0.3, 0.4) is 0 Å². The maximum Gasteiger partial charge on any atom is 0.322 e. The second kappa shape index (κ2) is 7.11. The lowest BCUT2D eigenvalue weighted by atomic mass is 10.2. The number of amides is 3. The number of anilines is 1. The molecule has 2 aromatic rings. The van der Waals surface area contributed by atoms with Gasteiger partial charge < -0.3 is 10.6 Å². The number of rotatable bonds is 4. The fourth-order valence-electron chi connectivity index (χ4n) is 2.49. The zero-order chi connectivity index (χ0) is 17.1. The summed E-state index contributed by atoms with van der Waals surface area (Å²) in [5.74, 6) is -0.236. The van der Waals surface area contributed by atoms with Crippen LogP contribution in [0.2, 0.25) is 10.0 Å². The molecule has 1 aliphatic rings. The Morgan fingerprint density at radius 3 is 2.62 bits per heavy atom. The molecule has 3 rings (SSSR count). The maximum absolute atomic E-state index is 12.3. The normalized spacial score (nSPS) is 16.8. The molecule has 2 N–H and O–H groups in total. The van der Waals surface area contributed by atoms with Crippen molar-refractivity contribution in [2.45, 2.75) is 12.6 Å². The smallest absolute Gasteiger partial charge is 0.322 e. The van der Waals surface area contributed by atoms with Gasteiger partial charge in [-0.05, 0) is 42.0 Å². The van der Waals surface area contributed by atoms with Gasteiger partial charge in [-0.1, -0.05) is 35.3 Å². The first kappa shape index (κ1) is 16.6. The highest BCUT2D eigenvalue weighted by Crippen LogP contribution is 2.21. The lowest BCUT2D eigenvalue weighted by Gasteiger charge is -2.14. The number of nitrogens with zero attached hydrogens (tertiary/aromatic N) is 1. The standard InChI is InChI=1S/C17H15Cl2N3O2/c18-12-4-6-14(7-5-12)22-10-15(21-17(22)24)16(23)20-9-11-2-1-3-13(19)8-11/h1-8,15H,9-10H2,(H,20,23)(H,21,24). The first-order chi connectivity index (χ1) is 11.5. The van der Waals surface area contributed by atoms with E-state index in [1.54, 1.807) is 36.4 Å². The Labute approximate surface area is 149 Å². The minimum atomic E-state index is -0.604. The lowest BCUT2D eigenvalue weighted by molar-refractivity contribution is -0.122. The summed E-state index contributed by atoms with van der Waals surface area (Å²) < 4.78 is 0. The molecular weight excluding hydrogens is 349 g/mol. The topological polar surface area (TPSA) is 61.4 Å². The van der Waals surface area contributed by atoms with Crippen molar-refractivity contribution in [3.05, 3.63) is 64.1 Å². The van der Waals surface area contributed by atoms with Gasteiger partial charge in [-0.3, -0.25) is 9.69 Å². The van der Waals surface area contributed by atoms with Crippen molar-refractivity contribution in [2.75, 3.05) is 11.4 Å². The van der Waals surface area contributed by atoms with E-state index in [-0.39, 0.29) is 18.5 Å². The van der Waals surface area contributed by atoms with E-state index in [4.69, 9.17) is 23.2 Å². The molecule has 1 saturated heterocycles.